The van der Waals surface area contributed by atoms with Crippen LogP contribution in [0.4, 0.5) is 5.69 Å². The number of amides is 1. The minimum atomic E-state index is 0.0639. The van der Waals surface area contributed by atoms with Crippen LogP contribution in [0.3, 0.4) is 0 Å². The summed E-state index contributed by atoms with van der Waals surface area (Å²) in [6.07, 6.45) is 11.1. The predicted molar refractivity (Wildman–Crippen MR) is 78.4 cm³/mol. The van der Waals surface area contributed by atoms with Crippen LogP contribution in [0, 0.1) is 5.92 Å². The van der Waals surface area contributed by atoms with Crippen LogP contribution >= 0.6 is 0 Å². The first-order valence-corrected chi connectivity index (χ1v) is 7.81. The fourth-order valence-corrected chi connectivity index (χ4v) is 2.99. The zero-order chi connectivity index (χ0) is 13.9. The van der Waals surface area contributed by atoms with Gasteiger partial charge in [0.15, 0.2) is 0 Å². The third kappa shape index (κ3) is 3.52. The SMILES string of the molecule is CCC1CCC(Nc2cnn(CC(=O)NC3CC3)c2)C1. The summed E-state index contributed by atoms with van der Waals surface area (Å²) in [5.74, 6) is 0.931. The van der Waals surface area contributed by atoms with Crippen molar-refractivity contribution in [2.24, 2.45) is 5.92 Å². The molecule has 0 saturated heterocycles. The maximum absolute atomic E-state index is 11.7. The molecule has 2 fully saturated rings. The van der Waals surface area contributed by atoms with Crippen molar-refractivity contribution in [1.82, 2.24) is 15.1 Å². The Balaban J connectivity index is 1.47. The summed E-state index contributed by atoms with van der Waals surface area (Å²) in [6, 6.07) is 0.984. The standard InChI is InChI=1S/C15H24N4O/c1-2-11-3-4-13(7-11)17-14-8-16-19(9-14)10-15(20)18-12-5-6-12/h8-9,11-13,17H,2-7,10H2,1H3,(H,18,20). The molecule has 1 heterocycles. The summed E-state index contributed by atoms with van der Waals surface area (Å²) in [6.45, 7) is 2.59. The first-order chi connectivity index (χ1) is 9.72. The van der Waals surface area contributed by atoms with Gasteiger partial charge in [0, 0.05) is 18.3 Å². The normalized spacial score (nSPS) is 25.6. The highest BCUT2D eigenvalue weighted by molar-refractivity contribution is 5.76. The third-order valence-electron chi connectivity index (χ3n) is 4.37. The maximum atomic E-state index is 11.7. The van der Waals surface area contributed by atoms with Gasteiger partial charge in [-0.3, -0.25) is 9.48 Å². The van der Waals surface area contributed by atoms with Crippen molar-refractivity contribution >= 4 is 11.6 Å². The Kier molecular flexibility index (Phi) is 3.94. The third-order valence-corrected chi connectivity index (χ3v) is 4.37. The van der Waals surface area contributed by atoms with E-state index in [4.69, 9.17) is 0 Å². The van der Waals surface area contributed by atoms with Crippen LogP contribution in [0.1, 0.15) is 45.4 Å². The first kappa shape index (κ1) is 13.5. The summed E-state index contributed by atoms with van der Waals surface area (Å²) < 4.78 is 1.71. The molecule has 20 heavy (non-hydrogen) atoms. The van der Waals surface area contributed by atoms with E-state index in [0.29, 0.717) is 18.6 Å². The van der Waals surface area contributed by atoms with E-state index >= 15 is 0 Å². The van der Waals surface area contributed by atoms with Gasteiger partial charge in [-0.25, -0.2) is 0 Å². The second-order valence-corrected chi connectivity index (χ2v) is 6.20. The summed E-state index contributed by atoms with van der Waals surface area (Å²) >= 11 is 0. The molecule has 0 aromatic carbocycles. The van der Waals surface area contributed by atoms with Gasteiger partial charge in [0.25, 0.3) is 0 Å². The number of rotatable bonds is 6. The Morgan fingerprint density at radius 2 is 2.15 bits per heavy atom. The molecule has 2 atom stereocenters. The lowest BCUT2D eigenvalue weighted by molar-refractivity contribution is -0.122. The van der Waals surface area contributed by atoms with E-state index in [-0.39, 0.29) is 5.91 Å². The lowest BCUT2D eigenvalue weighted by Gasteiger charge is -2.12. The lowest BCUT2D eigenvalue weighted by atomic mass is 10.1. The molecule has 1 amide bonds. The van der Waals surface area contributed by atoms with Gasteiger partial charge in [0.2, 0.25) is 5.91 Å². The van der Waals surface area contributed by atoms with Gasteiger partial charge in [-0.1, -0.05) is 13.3 Å². The van der Waals surface area contributed by atoms with E-state index < -0.39 is 0 Å². The van der Waals surface area contributed by atoms with Gasteiger partial charge in [0.1, 0.15) is 6.54 Å². The zero-order valence-electron chi connectivity index (χ0n) is 12.1. The smallest absolute Gasteiger partial charge is 0.241 e. The molecule has 1 aromatic heterocycles. The van der Waals surface area contributed by atoms with E-state index in [1.54, 1.807) is 4.68 Å². The molecule has 3 rings (SSSR count). The number of aromatic nitrogens is 2. The first-order valence-electron chi connectivity index (χ1n) is 7.81. The van der Waals surface area contributed by atoms with Crippen molar-refractivity contribution in [3.8, 4) is 0 Å². The number of anilines is 1. The van der Waals surface area contributed by atoms with Gasteiger partial charge < -0.3 is 10.6 Å². The number of nitrogens with zero attached hydrogens (tertiary/aromatic N) is 2. The molecule has 1 aromatic rings. The lowest BCUT2D eigenvalue weighted by Crippen LogP contribution is -2.29. The second kappa shape index (κ2) is 5.85. The molecule has 2 aliphatic rings. The largest absolute Gasteiger partial charge is 0.380 e. The van der Waals surface area contributed by atoms with Crippen LogP contribution in [-0.4, -0.2) is 27.8 Å². The van der Waals surface area contributed by atoms with Crippen molar-refractivity contribution in [2.45, 2.75) is 64.1 Å². The van der Waals surface area contributed by atoms with Crippen LogP contribution in [0.5, 0.6) is 0 Å². The molecule has 2 saturated carbocycles. The molecule has 110 valence electrons. The zero-order valence-corrected chi connectivity index (χ0v) is 12.1. The number of hydrogen-bond acceptors (Lipinski definition) is 3. The van der Waals surface area contributed by atoms with Gasteiger partial charge in [-0.2, -0.15) is 5.10 Å². The summed E-state index contributed by atoms with van der Waals surface area (Å²) in [4.78, 5) is 11.7. The topological polar surface area (TPSA) is 59.0 Å². The molecule has 0 spiro atoms. The summed E-state index contributed by atoms with van der Waals surface area (Å²) in [5.41, 5.74) is 1.03. The Morgan fingerprint density at radius 1 is 1.35 bits per heavy atom. The van der Waals surface area contributed by atoms with Gasteiger partial charge in [-0.05, 0) is 38.0 Å². The molecule has 0 bridgehead atoms. The molecule has 5 nitrogen and oxygen atoms in total. The molecule has 2 aliphatic carbocycles. The molecular weight excluding hydrogens is 252 g/mol. The predicted octanol–water partition coefficient (Wildman–Crippen LogP) is 2.15. The maximum Gasteiger partial charge on any atom is 0.241 e. The van der Waals surface area contributed by atoms with Crippen LogP contribution in [0.15, 0.2) is 12.4 Å². The van der Waals surface area contributed by atoms with Crippen LogP contribution < -0.4 is 10.6 Å². The van der Waals surface area contributed by atoms with Crippen molar-refractivity contribution in [1.29, 1.82) is 0 Å². The Hall–Kier alpha value is -1.52. The van der Waals surface area contributed by atoms with Crippen molar-refractivity contribution in [3.63, 3.8) is 0 Å². The second-order valence-electron chi connectivity index (χ2n) is 6.20. The van der Waals surface area contributed by atoms with Crippen LogP contribution in [0.2, 0.25) is 0 Å². The average Bonchev–Trinajstić information content (AvgIpc) is 2.95. The quantitative estimate of drug-likeness (QED) is 0.837. The van der Waals surface area contributed by atoms with Crippen molar-refractivity contribution in [2.75, 3.05) is 5.32 Å². The van der Waals surface area contributed by atoms with Gasteiger partial charge in [0.05, 0.1) is 11.9 Å². The van der Waals surface area contributed by atoms with E-state index in [1.165, 1.54) is 25.7 Å². The fourth-order valence-electron chi connectivity index (χ4n) is 2.99. The fraction of sp³-hybridized carbons (Fsp3) is 0.733. The minimum Gasteiger partial charge on any atom is -0.380 e. The summed E-state index contributed by atoms with van der Waals surface area (Å²) in [5, 5.41) is 10.8. The van der Waals surface area contributed by atoms with Crippen LogP contribution in [-0.2, 0) is 11.3 Å². The van der Waals surface area contributed by atoms with E-state index in [2.05, 4.69) is 22.7 Å². The van der Waals surface area contributed by atoms with Crippen molar-refractivity contribution < 1.29 is 4.79 Å². The highest BCUT2D eigenvalue weighted by atomic mass is 16.2. The Bertz CT molecular complexity index is 466. The van der Waals surface area contributed by atoms with Gasteiger partial charge in [-0.15, -0.1) is 0 Å². The number of carbonyl (C=O) groups is 1. The number of hydrogen-bond donors (Lipinski definition) is 2. The number of nitrogens with one attached hydrogen (secondary N) is 2. The van der Waals surface area contributed by atoms with Crippen LogP contribution in [0.25, 0.3) is 0 Å². The highest BCUT2D eigenvalue weighted by Gasteiger charge is 2.24. The van der Waals surface area contributed by atoms with E-state index in [1.807, 2.05) is 12.4 Å². The number of carbonyl (C=O) groups excluding carboxylic acids is 1. The molecule has 2 unspecified atom stereocenters. The van der Waals surface area contributed by atoms with E-state index in [0.717, 1.165) is 24.4 Å². The van der Waals surface area contributed by atoms with Gasteiger partial charge >= 0.3 is 0 Å². The average molecular weight is 276 g/mol. The molecule has 0 aliphatic heterocycles. The Morgan fingerprint density at radius 3 is 2.85 bits per heavy atom. The molecule has 5 heteroatoms. The molecule has 2 N–H and O–H groups in total. The Labute approximate surface area is 120 Å². The molecule has 0 radical (unpaired) electrons. The van der Waals surface area contributed by atoms with Crippen molar-refractivity contribution in [3.05, 3.63) is 12.4 Å². The highest BCUT2D eigenvalue weighted by Crippen LogP contribution is 2.29. The monoisotopic (exact) mass is 276 g/mol. The minimum absolute atomic E-state index is 0.0639. The summed E-state index contributed by atoms with van der Waals surface area (Å²) in [7, 11) is 0. The van der Waals surface area contributed by atoms with E-state index in [9.17, 15) is 4.79 Å². The molecular formula is C15H24N4O.